The Labute approximate surface area is 106 Å². The summed E-state index contributed by atoms with van der Waals surface area (Å²) in [5, 5.41) is 12.1. The molecule has 0 aliphatic rings. The second-order valence-electron chi connectivity index (χ2n) is 3.95. The number of aromatic nitrogens is 2. The highest BCUT2D eigenvalue weighted by Gasteiger charge is 1.96. The van der Waals surface area contributed by atoms with E-state index in [1.807, 2.05) is 24.4 Å². The van der Waals surface area contributed by atoms with Crippen LogP contribution in [0.5, 0.6) is 0 Å². The Morgan fingerprint density at radius 2 is 2.17 bits per heavy atom. The maximum atomic E-state index is 8.74. The summed E-state index contributed by atoms with van der Waals surface area (Å²) in [5.41, 5.74) is 2.76. The highest BCUT2D eigenvalue weighted by atomic mass is 14.8. The first-order valence-electron chi connectivity index (χ1n) is 5.83. The van der Waals surface area contributed by atoms with Gasteiger partial charge in [-0.25, -0.2) is 4.98 Å². The SMILES string of the molecule is N#Cc1cc(CNCCc2cccnc2)ccn1. The lowest BCUT2D eigenvalue weighted by molar-refractivity contribution is 0.685. The van der Waals surface area contributed by atoms with E-state index in [1.165, 1.54) is 5.56 Å². The van der Waals surface area contributed by atoms with E-state index in [0.717, 1.165) is 25.1 Å². The summed E-state index contributed by atoms with van der Waals surface area (Å²) in [6.07, 6.45) is 6.26. The van der Waals surface area contributed by atoms with Crippen molar-refractivity contribution in [3.05, 3.63) is 59.7 Å². The van der Waals surface area contributed by atoms with Gasteiger partial charge in [-0.15, -0.1) is 0 Å². The topological polar surface area (TPSA) is 61.6 Å². The van der Waals surface area contributed by atoms with Gasteiger partial charge in [0.2, 0.25) is 0 Å². The number of hydrogen-bond acceptors (Lipinski definition) is 4. The number of rotatable bonds is 5. The van der Waals surface area contributed by atoms with Crippen LogP contribution < -0.4 is 5.32 Å². The van der Waals surface area contributed by atoms with E-state index in [9.17, 15) is 0 Å². The molecule has 1 N–H and O–H groups in total. The molecule has 90 valence electrons. The van der Waals surface area contributed by atoms with Crippen LogP contribution >= 0.6 is 0 Å². The second-order valence-corrected chi connectivity index (χ2v) is 3.95. The van der Waals surface area contributed by atoms with Gasteiger partial charge in [0, 0.05) is 25.1 Å². The molecule has 0 unspecified atom stereocenters. The Balaban J connectivity index is 1.77. The predicted octanol–water partition coefficient (Wildman–Crippen LogP) is 1.68. The summed E-state index contributed by atoms with van der Waals surface area (Å²) >= 11 is 0. The highest BCUT2D eigenvalue weighted by Crippen LogP contribution is 2.01. The van der Waals surface area contributed by atoms with E-state index >= 15 is 0 Å². The number of nitrogens with zero attached hydrogens (tertiary/aromatic N) is 3. The van der Waals surface area contributed by atoms with Crippen LogP contribution in [0.4, 0.5) is 0 Å². The number of hydrogen-bond donors (Lipinski definition) is 1. The Hall–Kier alpha value is -2.25. The zero-order valence-corrected chi connectivity index (χ0v) is 10.0. The smallest absolute Gasteiger partial charge is 0.140 e. The van der Waals surface area contributed by atoms with Crippen molar-refractivity contribution in [1.29, 1.82) is 5.26 Å². The van der Waals surface area contributed by atoms with Crippen molar-refractivity contribution < 1.29 is 0 Å². The lowest BCUT2D eigenvalue weighted by atomic mass is 10.2. The van der Waals surface area contributed by atoms with Crippen molar-refractivity contribution in [1.82, 2.24) is 15.3 Å². The molecule has 2 aromatic heterocycles. The molecule has 2 rings (SSSR count). The summed E-state index contributed by atoms with van der Waals surface area (Å²) in [6.45, 7) is 1.63. The number of nitrogens with one attached hydrogen (secondary N) is 1. The van der Waals surface area contributed by atoms with Gasteiger partial charge in [0.05, 0.1) is 0 Å². The van der Waals surface area contributed by atoms with Crippen LogP contribution in [0.15, 0.2) is 42.9 Å². The molecule has 0 bridgehead atoms. The van der Waals surface area contributed by atoms with Crippen LogP contribution in [0.3, 0.4) is 0 Å². The van der Waals surface area contributed by atoms with Gasteiger partial charge in [-0.2, -0.15) is 5.26 Å². The van der Waals surface area contributed by atoms with Crippen LogP contribution in [0.25, 0.3) is 0 Å². The molecule has 0 aliphatic heterocycles. The van der Waals surface area contributed by atoms with Gasteiger partial charge >= 0.3 is 0 Å². The molecular weight excluding hydrogens is 224 g/mol. The van der Waals surface area contributed by atoms with Gasteiger partial charge in [-0.1, -0.05) is 6.07 Å². The average molecular weight is 238 g/mol. The van der Waals surface area contributed by atoms with Gasteiger partial charge < -0.3 is 5.32 Å². The highest BCUT2D eigenvalue weighted by molar-refractivity contribution is 5.25. The third-order valence-electron chi connectivity index (χ3n) is 2.58. The molecule has 4 nitrogen and oxygen atoms in total. The molecule has 2 aromatic rings. The normalized spacial score (nSPS) is 9.94. The fourth-order valence-electron chi connectivity index (χ4n) is 1.66. The molecule has 0 aromatic carbocycles. The summed E-state index contributed by atoms with van der Waals surface area (Å²) < 4.78 is 0. The van der Waals surface area contributed by atoms with Crippen LogP contribution in [-0.2, 0) is 13.0 Å². The average Bonchev–Trinajstić information content (AvgIpc) is 2.45. The van der Waals surface area contributed by atoms with Crippen LogP contribution in [0.1, 0.15) is 16.8 Å². The molecule has 18 heavy (non-hydrogen) atoms. The molecule has 4 heteroatoms. The third kappa shape index (κ3) is 3.65. The standard InChI is InChI=1S/C14H14N4/c15-9-14-8-13(4-7-18-14)11-17-6-3-12-2-1-5-16-10-12/h1-2,4-5,7-8,10,17H,3,6,11H2. The largest absolute Gasteiger partial charge is 0.312 e. The molecule has 0 saturated heterocycles. The van der Waals surface area contributed by atoms with Gasteiger partial charge in [0.25, 0.3) is 0 Å². The minimum absolute atomic E-state index is 0.460. The van der Waals surface area contributed by atoms with Crippen molar-refractivity contribution in [3.63, 3.8) is 0 Å². The molecule has 0 saturated carbocycles. The summed E-state index contributed by atoms with van der Waals surface area (Å²) in [7, 11) is 0. The van der Waals surface area contributed by atoms with Gasteiger partial charge in [0.1, 0.15) is 11.8 Å². The van der Waals surface area contributed by atoms with Crippen LogP contribution in [-0.4, -0.2) is 16.5 Å². The van der Waals surface area contributed by atoms with Gasteiger partial charge in [0.15, 0.2) is 0 Å². The molecule has 2 heterocycles. The minimum atomic E-state index is 0.460. The molecule has 0 amide bonds. The van der Waals surface area contributed by atoms with Gasteiger partial charge in [-0.3, -0.25) is 4.98 Å². The summed E-state index contributed by atoms with van der Waals surface area (Å²) in [5.74, 6) is 0. The maximum absolute atomic E-state index is 8.74. The van der Waals surface area contributed by atoms with E-state index in [2.05, 4.69) is 21.4 Å². The Bertz CT molecular complexity index is 531. The molecule has 0 spiro atoms. The number of nitriles is 1. The van der Waals surface area contributed by atoms with Crippen molar-refractivity contribution in [2.45, 2.75) is 13.0 Å². The fourth-order valence-corrected chi connectivity index (χ4v) is 1.66. The number of pyridine rings is 2. The van der Waals surface area contributed by atoms with Crippen molar-refractivity contribution in [2.75, 3.05) is 6.54 Å². The molecular formula is C14H14N4. The minimum Gasteiger partial charge on any atom is -0.312 e. The van der Waals surface area contributed by atoms with E-state index in [-0.39, 0.29) is 0 Å². The monoisotopic (exact) mass is 238 g/mol. The first kappa shape index (κ1) is 12.2. The summed E-state index contributed by atoms with van der Waals surface area (Å²) in [6, 6.07) is 9.76. The first-order valence-corrected chi connectivity index (χ1v) is 5.83. The van der Waals surface area contributed by atoms with Crippen molar-refractivity contribution >= 4 is 0 Å². The lowest BCUT2D eigenvalue weighted by Gasteiger charge is -2.04. The second kappa shape index (κ2) is 6.48. The third-order valence-corrected chi connectivity index (χ3v) is 2.58. The van der Waals surface area contributed by atoms with Crippen LogP contribution in [0.2, 0.25) is 0 Å². The predicted molar refractivity (Wildman–Crippen MR) is 68.6 cm³/mol. The molecule has 0 fully saturated rings. The van der Waals surface area contributed by atoms with E-state index < -0.39 is 0 Å². The summed E-state index contributed by atoms with van der Waals surface area (Å²) in [4.78, 5) is 8.01. The van der Waals surface area contributed by atoms with E-state index in [4.69, 9.17) is 5.26 Å². The zero-order chi connectivity index (χ0) is 12.6. The van der Waals surface area contributed by atoms with Crippen LogP contribution in [0, 0.1) is 11.3 Å². The van der Waals surface area contributed by atoms with E-state index in [0.29, 0.717) is 5.69 Å². The Morgan fingerprint density at radius 1 is 1.22 bits per heavy atom. The van der Waals surface area contributed by atoms with E-state index in [1.54, 1.807) is 18.5 Å². The Kier molecular flexibility index (Phi) is 4.39. The van der Waals surface area contributed by atoms with Crippen molar-refractivity contribution in [2.24, 2.45) is 0 Å². The van der Waals surface area contributed by atoms with Gasteiger partial charge in [-0.05, 0) is 42.3 Å². The molecule has 0 atom stereocenters. The maximum Gasteiger partial charge on any atom is 0.140 e. The van der Waals surface area contributed by atoms with Crippen molar-refractivity contribution in [3.8, 4) is 6.07 Å². The fraction of sp³-hybridized carbons (Fsp3) is 0.214. The molecule has 0 aliphatic carbocycles. The zero-order valence-electron chi connectivity index (χ0n) is 10.0. The molecule has 0 radical (unpaired) electrons. The first-order chi connectivity index (χ1) is 8.88. The quantitative estimate of drug-likeness (QED) is 0.805. The Morgan fingerprint density at radius 3 is 2.94 bits per heavy atom. The lowest BCUT2D eigenvalue weighted by Crippen LogP contribution is -2.16.